The Morgan fingerprint density at radius 2 is 1.97 bits per heavy atom. The Kier molecular flexibility index (Phi) is 7.10. The number of nitrogens with one attached hydrogen (secondary N) is 1. The molecule has 0 atom stereocenters. The maximum atomic E-state index is 12.5. The Hall–Kier alpha value is -2.87. The number of aryl methyl sites for hydroxylation is 3. The molecule has 1 fully saturated rings. The molecule has 30 heavy (non-hydrogen) atoms. The number of anilines is 1. The molecule has 8 heteroatoms. The van der Waals surface area contributed by atoms with Gasteiger partial charge in [0.15, 0.2) is 0 Å². The predicted molar refractivity (Wildman–Crippen MR) is 114 cm³/mol. The first-order valence-corrected chi connectivity index (χ1v) is 10.3. The number of hydrogen-bond donors (Lipinski definition) is 1. The van der Waals surface area contributed by atoms with Gasteiger partial charge in [-0.15, -0.1) is 0 Å². The topological polar surface area (TPSA) is 85.7 Å². The number of amides is 1. The summed E-state index contributed by atoms with van der Waals surface area (Å²) in [6.45, 7) is 7.92. The number of esters is 1. The fourth-order valence-corrected chi connectivity index (χ4v) is 3.52. The van der Waals surface area contributed by atoms with E-state index >= 15 is 0 Å². The third kappa shape index (κ3) is 5.38. The van der Waals surface area contributed by atoms with Gasteiger partial charge >= 0.3 is 5.97 Å². The Morgan fingerprint density at radius 3 is 2.67 bits per heavy atom. The first-order valence-electron chi connectivity index (χ1n) is 10.3. The first kappa shape index (κ1) is 21.8. The Morgan fingerprint density at radius 1 is 1.23 bits per heavy atom. The summed E-state index contributed by atoms with van der Waals surface area (Å²) in [4.78, 5) is 26.7. The molecule has 1 aliphatic heterocycles. The minimum absolute atomic E-state index is 0.150. The van der Waals surface area contributed by atoms with Crippen molar-refractivity contribution < 1.29 is 19.1 Å². The molecule has 2 aromatic rings. The zero-order valence-electron chi connectivity index (χ0n) is 18.1. The van der Waals surface area contributed by atoms with Crippen molar-refractivity contribution in [2.45, 2.75) is 39.7 Å². The molecular weight excluding hydrogens is 384 g/mol. The molecule has 1 N–H and O–H groups in total. The molecule has 0 radical (unpaired) electrons. The molecule has 1 aromatic carbocycles. The van der Waals surface area contributed by atoms with Gasteiger partial charge in [0.1, 0.15) is 23.2 Å². The molecule has 0 unspecified atom stereocenters. The molecule has 0 saturated carbocycles. The summed E-state index contributed by atoms with van der Waals surface area (Å²) in [6, 6.07) is 6.23. The van der Waals surface area contributed by atoms with Crippen molar-refractivity contribution in [3.63, 3.8) is 0 Å². The number of aromatic nitrogens is 2. The predicted octanol–water partition coefficient (Wildman–Crippen LogP) is 2.70. The maximum absolute atomic E-state index is 12.5. The molecule has 0 aliphatic carbocycles. The summed E-state index contributed by atoms with van der Waals surface area (Å²) in [6.07, 6.45) is 3.28. The smallest absolute Gasteiger partial charge is 0.343 e. The van der Waals surface area contributed by atoms with Crippen LogP contribution in [0.2, 0.25) is 0 Å². The van der Waals surface area contributed by atoms with E-state index in [1.54, 1.807) is 14.0 Å². The van der Waals surface area contributed by atoms with E-state index in [1.807, 2.05) is 0 Å². The fraction of sp³-hybridized carbons (Fsp3) is 0.500. The number of piperidine rings is 1. The van der Waals surface area contributed by atoms with Crippen LogP contribution < -0.4 is 10.1 Å². The van der Waals surface area contributed by atoms with E-state index in [4.69, 9.17) is 9.47 Å². The highest BCUT2D eigenvalue weighted by molar-refractivity contribution is 6.00. The van der Waals surface area contributed by atoms with Crippen LogP contribution in [0.5, 0.6) is 5.75 Å². The number of likely N-dealkylation sites (tertiary alicyclic amines) is 1. The highest BCUT2D eigenvalue weighted by Crippen LogP contribution is 2.24. The summed E-state index contributed by atoms with van der Waals surface area (Å²) in [7, 11) is 1.68. The van der Waals surface area contributed by atoms with Crippen molar-refractivity contribution in [3.8, 4) is 5.75 Å². The van der Waals surface area contributed by atoms with Crippen molar-refractivity contribution in [3.05, 3.63) is 41.1 Å². The van der Waals surface area contributed by atoms with Crippen LogP contribution >= 0.6 is 0 Å². The van der Waals surface area contributed by atoms with Crippen molar-refractivity contribution in [1.29, 1.82) is 0 Å². The van der Waals surface area contributed by atoms with Crippen LogP contribution in [-0.2, 0) is 16.6 Å². The van der Waals surface area contributed by atoms with Crippen LogP contribution in [0.25, 0.3) is 0 Å². The number of carbonyl (C=O) groups is 2. The standard InChI is InChI=1S/C22H30N4O4/c1-5-29-22(28)18-13-23-25(4)21(18)24-20(27)14-26-10-8-17(9-11-26)30-19-12-15(2)6-7-16(19)3/h6-7,12-13,17H,5,8-11,14H2,1-4H3,(H,24,27). The van der Waals surface area contributed by atoms with Crippen LogP contribution in [0.1, 0.15) is 41.3 Å². The van der Waals surface area contributed by atoms with Crippen LogP contribution in [0.3, 0.4) is 0 Å². The van der Waals surface area contributed by atoms with Crippen molar-refractivity contribution in [2.24, 2.45) is 7.05 Å². The lowest BCUT2D eigenvalue weighted by Crippen LogP contribution is -2.42. The van der Waals surface area contributed by atoms with Crippen LogP contribution in [-0.4, -0.2) is 58.9 Å². The number of nitrogens with zero attached hydrogens (tertiary/aromatic N) is 3. The average molecular weight is 415 g/mol. The summed E-state index contributed by atoms with van der Waals surface area (Å²) >= 11 is 0. The van der Waals surface area contributed by atoms with Crippen LogP contribution in [0, 0.1) is 13.8 Å². The number of hydrogen-bond acceptors (Lipinski definition) is 6. The molecule has 1 amide bonds. The third-order valence-electron chi connectivity index (χ3n) is 5.23. The molecule has 3 rings (SSSR count). The summed E-state index contributed by atoms with van der Waals surface area (Å²) in [5, 5.41) is 6.85. The van der Waals surface area contributed by atoms with Gasteiger partial charge in [0.05, 0.1) is 19.3 Å². The van der Waals surface area contributed by atoms with Gasteiger partial charge in [0.2, 0.25) is 5.91 Å². The number of rotatable bonds is 7. The normalized spacial score (nSPS) is 15.1. The molecule has 0 bridgehead atoms. The van der Waals surface area contributed by atoms with Gasteiger partial charge in [-0.25, -0.2) is 4.79 Å². The van der Waals surface area contributed by atoms with E-state index < -0.39 is 5.97 Å². The lowest BCUT2D eigenvalue weighted by molar-refractivity contribution is -0.117. The second-order valence-corrected chi connectivity index (χ2v) is 7.66. The minimum Gasteiger partial charge on any atom is -0.490 e. The highest BCUT2D eigenvalue weighted by atomic mass is 16.5. The molecule has 0 spiro atoms. The molecule has 8 nitrogen and oxygen atoms in total. The van der Waals surface area contributed by atoms with Gasteiger partial charge in [-0.2, -0.15) is 5.10 Å². The van der Waals surface area contributed by atoms with E-state index in [0.717, 1.165) is 37.2 Å². The second-order valence-electron chi connectivity index (χ2n) is 7.66. The van der Waals surface area contributed by atoms with Crippen molar-refractivity contribution in [2.75, 3.05) is 31.6 Å². The Bertz CT molecular complexity index is 901. The molecular formula is C22H30N4O4. The highest BCUT2D eigenvalue weighted by Gasteiger charge is 2.24. The quantitative estimate of drug-likeness (QED) is 0.701. The lowest BCUT2D eigenvalue weighted by Gasteiger charge is -2.32. The minimum atomic E-state index is -0.495. The zero-order chi connectivity index (χ0) is 21.7. The Labute approximate surface area is 177 Å². The molecule has 162 valence electrons. The van der Waals surface area contributed by atoms with Gasteiger partial charge in [-0.1, -0.05) is 12.1 Å². The summed E-state index contributed by atoms with van der Waals surface area (Å²) in [5.41, 5.74) is 2.58. The average Bonchev–Trinajstić information content (AvgIpc) is 3.07. The van der Waals surface area contributed by atoms with Crippen molar-refractivity contribution >= 4 is 17.7 Å². The zero-order valence-corrected chi connectivity index (χ0v) is 18.1. The third-order valence-corrected chi connectivity index (χ3v) is 5.23. The van der Waals surface area contributed by atoms with Gasteiger partial charge in [0, 0.05) is 20.1 Å². The summed E-state index contributed by atoms with van der Waals surface area (Å²) in [5.74, 6) is 0.615. The number of benzene rings is 1. The Balaban J connectivity index is 1.51. The number of carbonyl (C=O) groups excluding carboxylic acids is 2. The molecule has 1 saturated heterocycles. The van der Waals surface area contributed by atoms with Gasteiger partial charge in [-0.05, 0) is 50.8 Å². The lowest BCUT2D eigenvalue weighted by atomic mass is 10.1. The monoisotopic (exact) mass is 414 g/mol. The first-order chi connectivity index (χ1) is 14.4. The molecule has 1 aromatic heterocycles. The molecule has 1 aliphatic rings. The van der Waals surface area contributed by atoms with E-state index in [2.05, 4.69) is 47.4 Å². The second kappa shape index (κ2) is 9.75. The van der Waals surface area contributed by atoms with Gasteiger partial charge in [-0.3, -0.25) is 14.4 Å². The van der Waals surface area contributed by atoms with Crippen LogP contribution in [0.4, 0.5) is 5.82 Å². The largest absolute Gasteiger partial charge is 0.490 e. The van der Waals surface area contributed by atoms with Gasteiger partial charge < -0.3 is 14.8 Å². The van der Waals surface area contributed by atoms with E-state index in [1.165, 1.54) is 16.4 Å². The van der Waals surface area contributed by atoms with Crippen LogP contribution in [0.15, 0.2) is 24.4 Å². The fourth-order valence-electron chi connectivity index (χ4n) is 3.52. The van der Waals surface area contributed by atoms with Crippen molar-refractivity contribution in [1.82, 2.24) is 14.7 Å². The van der Waals surface area contributed by atoms with E-state index in [0.29, 0.717) is 5.82 Å². The van der Waals surface area contributed by atoms with Gasteiger partial charge in [0.25, 0.3) is 0 Å². The van der Waals surface area contributed by atoms with E-state index in [9.17, 15) is 9.59 Å². The van der Waals surface area contributed by atoms with E-state index in [-0.39, 0.29) is 30.7 Å². The summed E-state index contributed by atoms with van der Waals surface area (Å²) < 4.78 is 12.7. The molecule has 2 heterocycles. The number of ether oxygens (including phenoxy) is 2. The maximum Gasteiger partial charge on any atom is 0.343 e. The SMILES string of the molecule is CCOC(=O)c1cnn(C)c1NC(=O)CN1CCC(Oc2cc(C)ccc2C)CC1.